The number of hydrogen-bond acceptors (Lipinski definition) is 7. The van der Waals surface area contributed by atoms with E-state index in [2.05, 4.69) is 23.6 Å². The van der Waals surface area contributed by atoms with Crippen LogP contribution in [0, 0.1) is 0 Å². The first kappa shape index (κ1) is 34.8. The zero-order valence-corrected chi connectivity index (χ0v) is 23.8. The maximum atomic E-state index is 12.3. The van der Waals surface area contributed by atoms with Gasteiger partial charge in [-0.05, 0) is 39.5 Å². The van der Waals surface area contributed by atoms with Gasteiger partial charge >= 0.3 is 19.8 Å². The molecular formula is C27H51O8P. The molecule has 9 heteroatoms. The van der Waals surface area contributed by atoms with Crippen LogP contribution in [0.2, 0.25) is 0 Å². The molecular weight excluding hydrogens is 483 g/mol. The van der Waals surface area contributed by atoms with Gasteiger partial charge in [-0.25, -0.2) is 4.57 Å². The van der Waals surface area contributed by atoms with Gasteiger partial charge in [0.25, 0.3) is 0 Å². The van der Waals surface area contributed by atoms with E-state index in [0.29, 0.717) is 12.8 Å². The van der Waals surface area contributed by atoms with Crippen LogP contribution in [0.15, 0.2) is 12.2 Å². The summed E-state index contributed by atoms with van der Waals surface area (Å²) in [6.45, 7) is 5.15. The van der Waals surface area contributed by atoms with Gasteiger partial charge in [0, 0.05) is 12.8 Å². The summed E-state index contributed by atoms with van der Waals surface area (Å²) in [7, 11) is -4.25. The topological polar surface area (TPSA) is 108 Å². The molecule has 0 aromatic rings. The minimum absolute atomic E-state index is 0.00125. The molecule has 36 heavy (non-hydrogen) atoms. The largest absolute Gasteiger partial charge is 0.472 e. The average molecular weight is 535 g/mol. The summed E-state index contributed by atoms with van der Waals surface area (Å²) in [5.74, 6) is -0.819. The van der Waals surface area contributed by atoms with E-state index >= 15 is 0 Å². The molecule has 1 unspecified atom stereocenters. The van der Waals surface area contributed by atoms with Crippen LogP contribution in [0.4, 0.5) is 0 Å². The van der Waals surface area contributed by atoms with Gasteiger partial charge in [0.1, 0.15) is 6.61 Å². The zero-order valence-electron chi connectivity index (χ0n) is 22.9. The van der Waals surface area contributed by atoms with Gasteiger partial charge in [0.2, 0.25) is 0 Å². The van der Waals surface area contributed by atoms with E-state index in [1.165, 1.54) is 38.5 Å². The Hall–Kier alpha value is -1.21. The van der Waals surface area contributed by atoms with Crippen LogP contribution >= 0.6 is 7.82 Å². The first-order valence-corrected chi connectivity index (χ1v) is 15.4. The highest BCUT2D eigenvalue weighted by atomic mass is 31.2. The normalized spacial score (nSPS) is 14.0. The van der Waals surface area contributed by atoms with E-state index in [0.717, 1.165) is 44.9 Å². The van der Waals surface area contributed by atoms with Gasteiger partial charge in [0.15, 0.2) is 6.10 Å². The van der Waals surface area contributed by atoms with Crippen molar-refractivity contribution in [3.05, 3.63) is 12.2 Å². The highest BCUT2D eigenvalue weighted by molar-refractivity contribution is 7.47. The third-order valence-corrected chi connectivity index (χ3v) is 6.73. The molecule has 0 aliphatic heterocycles. The van der Waals surface area contributed by atoms with Crippen molar-refractivity contribution >= 4 is 19.8 Å². The molecule has 0 aliphatic carbocycles. The molecule has 8 nitrogen and oxygen atoms in total. The van der Waals surface area contributed by atoms with Gasteiger partial charge in [-0.1, -0.05) is 83.3 Å². The number of rotatable bonds is 25. The lowest BCUT2D eigenvalue weighted by Crippen LogP contribution is -2.29. The van der Waals surface area contributed by atoms with Crippen molar-refractivity contribution < 1.29 is 37.6 Å². The van der Waals surface area contributed by atoms with E-state index < -0.39 is 26.5 Å². The summed E-state index contributed by atoms with van der Waals surface area (Å²) in [5.41, 5.74) is 0. The van der Waals surface area contributed by atoms with E-state index in [1.54, 1.807) is 6.92 Å². The molecule has 0 rings (SSSR count). The van der Waals surface area contributed by atoms with Crippen LogP contribution in [-0.2, 0) is 32.7 Å². The van der Waals surface area contributed by atoms with Gasteiger partial charge in [-0.15, -0.1) is 0 Å². The predicted molar refractivity (Wildman–Crippen MR) is 143 cm³/mol. The number of allylic oxidation sites excluding steroid dienone is 2. The molecule has 0 saturated heterocycles. The number of phosphoric acid groups is 1. The first-order valence-electron chi connectivity index (χ1n) is 13.9. The summed E-state index contributed by atoms with van der Waals surface area (Å²) in [5, 5.41) is 0. The number of carbonyl (C=O) groups excluding carboxylic acids is 2. The number of hydrogen-bond donors (Lipinski definition) is 1. The van der Waals surface area contributed by atoms with Gasteiger partial charge in [-0.2, -0.15) is 0 Å². The number of esters is 2. The van der Waals surface area contributed by atoms with Gasteiger partial charge in [0.05, 0.1) is 13.2 Å². The van der Waals surface area contributed by atoms with Crippen molar-refractivity contribution in [3.63, 3.8) is 0 Å². The standard InChI is InChI=1S/C27H51O8P/c1-4-7-9-11-13-14-15-16-18-20-22-27(29)35-25(24-34-36(30,31)33-6-3)23-32-26(28)21-19-17-12-10-8-5-2/h4,7,25H,5-6,8-24H2,1-3H3,(H,30,31)/b7-4-/t25-/m1/s1. The third-order valence-electron chi connectivity index (χ3n) is 5.67. The molecule has 2 atom stereocenters. The molecule has 212 valence electrons. The Labute approximate surface area is 219 Å². The van der Waals surface area contributed by atoms with Gasteiger partial charge in [-0.3, -0.25) is 18.6 Å². The van der Waals surface area contributed by atoms with Crippen molar-refractivity contribution in [3.8, 4) is 0 Å². The molecule has 0 bridgehead atoms. The van der Waals surface area contributed by atoms with Crippen molar-refractivity contribution in [2.24, 2.45) is 0 Å². The van der Waals surface area contributed by atoms with Crippen LogP contribution in [0.1, 0.15) is 124 Å². The van der Waals surface area contributed by atoms with E-state index in [9.17, 15) is 19.0 Å². The Morgan fingerprint density at radius 1 is 0.778 bits per heavy atom. The van der Waals surface area contributed by atoms with Crippen LogP contribution < -0.4 is 0 Å². The number of phosphoric ester groups is 1. The monoisotopic (exact) mass is 534 g/mol. The molecule has 0 fully saturated rings. The lowest BCUT2D eigenvalue weighted by molar-refractivity contribution is -0.161. The molecule has 0 amide bonds. The second-order valence-corrected chi connectivity index (χ2v) is 10.5. The Kier molecular flexibility index (Phi) is 23.3. The summed E-state index contributed by atoms with van der Waals surface area (Å²) in [6, 6.07) is 0. The highest BCUT2D eigenvalue weighted by Crippen LogP contribution is 2.43. The Bertz CT molecular complexity index is 623. The fourth-order valence-electron chi connectivity index (χ4n) is 3.63. The zero-order chi connectivity index (χ0) is 26.9. The minimum atomic E-state index is -4.25. The quantitative estimate of drug-likeness (QED) is 0.0557. The summed E-state index contributed by atoms with van der Waals surface area (Å²) in [6.07, 6.45) is 18.8. The molecule has 0 radical (unpaired) electrons. The summed E-state index contributed by atoms with van der Waals surface area (Å²) >= 11 is 0. The lowest BCUT2D eigenvalue weighted by Gasteiger charge is -2.19. The number of unbranched alkanes of at least 4 members (excludes halogenated alkanes) is 12. The van der Waals surface area contributed by atoms with Crippen LogP contribution in [0.5, 0.6) is 0 Å². The third kappa shape index (κ3) is 23.2. The number of carbonyl (C=O) groups is 2. The minimum Gasteiger partial charge on any atom is -0.462 e. The van der Waals surface area contributed by atoms with Crippen LogP contribution in [-0.4, -0.2) is 42.8 Å². The molecule has 0 spiro atoms. The lowest BCUT2D eigenvalue weighted by atomic mass is 10.1. The van der Waals surface area contributed by atoms with Crippen molar-refractivity contribution in [1.82, 2.24) is 0 Å². The predicted octanol–water partition coefficient (Wildman–Crippen LogP) is 7.43. The second-order valence-electron chi connectivity index (χ2n) is 9.08. The average Bonchev–Trinajstić information content (AvgIpc) is 2.84. The Morgan fingerprint density at radius 2 is 1.33 bits per heavy atom. The summed E-state index contributed by atoms with van der Waals surface area (Å²) in [4.78, 5) is 34.0. The maximum Gasteiger partial charge on any atom is 0.472 e. The Balaban J connectivity index is 4.31. The van der Waals surface area contributed by atoms with Crippen LogP contribution in [0.3, 0.4) is 0 Å². The molecule has 0 heterocycles. The number of ether oxygens (including phenoxy) is 2. The Morgan fingerprint density at radius 3 is 1.92 bits per heavy atom. The van der Waals surface area contributed by atoms with Gasteiger partial charge < -0.3 is 14.4 Å². The van der Waals surface area contributed by atoms with E-state index in [4.69, 9.17) is 14.0 Å². The smallest absolute Gasteiger partial charge is 0.462 e. The highest BCUT2D eigenvalue weighted by Gasteiger charge is 2.25. The first-order chi connectivity index (χ1) is 17.3. The fraction of sp³-hybridized carbons (Fsp3) is 0.852. The van der Waals surface area contributed by atoms with Crippen molar-refractivity contribution in [2.45, 2.75) is 130 Å². The molecule has 0 aromatic heterocycles. The SMILES string of the molecule is C/C=C\CCCCCCCCCC(=O)O[C@H](COC(=O)CCCCCCCC)COP(=O)(O)OCC. The molecule has 0 aromatic carbocycles. The second kappa shape index (κ2) is 24.1. The van der Waals surface area contributed by atoms with E-state index in [1.807, 2.05) is 6.92 Å². The van der Waals surface area contributed by atoms with Crippen molar-refractivity contribution in [2.75, 3.05) is 19.8 Å². The maximum absolute atomic E-state index is 12.3. The van der Waals surface area contributed by atoms with E-state index in [-0.39, 0.29) is 25.6 Å². The van der Waals surface area contributed by atoms with Crippen molar-refractivity contribution in [1.29, 1.82) is 0 Å². The molecule has 0 saturated carbocycles. The fourth-order valence-corrected chi connectivity index (χ4v) is 4.38. The summed E-state index contributed by atoms with van der Waals surface area (Å²) < 4.78 is 32.1. The molecule has 1 N–H and O–H groups in total. The van der Waals surface area contributed by atoms with Crippen LogP contribution in [0.25, 0.3) is 0 Å². The molecule has 0 aliphatic rings.